The van der Waals surface area contributed by atoms with E-state index in [9.17, 15) is 19.7 Å². The van der Waals surface area contributed by atoms with Gasteiger partial charge < -0.3 is 14.5 Å². The number of nitro groups is 1. The number of hydrogen-bond donors (Lipinski definition) is 1. The number of nitrogens with zero attached hydrogens (tertiary/aromatic N) is 1. The summed E-state index contributed by atoms with van der Waals surface area (Å²) < 4.78 is 9.96. The van der Waals surface area contributed by atoms with Gasteiger partial charge >= 0.3 is 5.97 Å². The van der Waals surface area contributed by atoms with Crippen LogP contribution in [0.3, 0.4) is 0 Å². The Morgan fingerprint density at radius 2 is 2.12 bits per heavy atom. The van der Waals surface area contributed by atoms with E-state index in [0.29, 0.717) is 5.76 Å². The lowest BCUT2D eigenvalue weighted by molar-refractivity contribution is -0.384. The standard InChI is InChI=1S/C16H14N2O6/c1-11(24-15(19)8-7-14-6-3-9-23-14)16(20)17-12-4-2-5-13(10-12)18(21)22/h2-11H,1H3,(H,17,20). The van der Waals surface area contributed by atoms with Crippen molar-refractivity contribution in [2.24, 2.45) is 0 Å². The molecule has 1 aromatic heterocycles. The fraction of sp³-hybridized carbons (Fsp3) is 0.125. The maximum Gasteiger partial charge on any atom is 0.331 e. The van der Waals surface area contributed by atoms with Crippen LogP contribution in [0.2, 0.25) is 0 Å². The number of hydrogen-bond acceptors (Lipinski definition) is 6. The molecule has 8 heteroatoms. The van der Waals surface area contributed by atoms with Gasteiger partial charge in [0, 0.05) is 23.9 Å². The fourth-order valence-electron chi connectivity index (χ4n) is 1.74. The van der Waals surface area contributed by atoms with Crippen LogP contribution in [-0.4, -0.2) is 22.9 Å². The largest absolute Gasteiger partial charge is 0.465 e. The Morgan fingerprint density at radius 3 is 2.79 bits per heavy atom. The van der Waals surface area contributed by atoms with Crippen molar-refractivity contribution in [1.82, 2.24) is 0 Å². The van der Waals surface area contributed by atoms with Crippen molar-refractivity contribution in [2.75, 3.05) is 5.32 Å². The molecule has 2 rings (SSSR count). The maximum atomic E-state index is 12.0. The molecule has 0 saturated heterocycles. The van der Waals surface area contributed by atoms with E-state index in [4.69, 9.17) is 9.15 Å². The monoisotopic (exact) mass is 330 g/mol. The van der Waals surface area contributed by atoms with Gasteiger partial charge in [-0.2, -0.15) is 0 Å². The minimum Gasteiger partial charge on any atom is -0.465 e. The summed E-state index contributed by atoms with van der Waals surface area (Å²) in [5.74, 6) is -0.844. The second-order valence-corrected chi connectivity index (χ2v) is 4.72. The number of anilines is 1. The van der Waals surface area contributed by atoms with E-state index < -0.39 is 22.9 Å². The lowest BCUT2D eigenvalue weighted by atomic mass is 10.2. The number of carbonyl (C=O) groups excluding carboxylic acids is 2. The van der Waals surface area contributed by atoms with Crippen LogP contribution in [0.4, 0.5) is 11.4 Å². The van der Waals surface area contributed by atoms with Gasteiger partial charge in [-0.25, -0.2) is 4.79 Å². The smallest absolute Gasteiger partial charge is 0.331 e. The van der Waals surface area contributed by atoms with Gasteiger partial charge in [0.2, 0.25) is 0 Å². The molecule has 1 amide bonds. The van der Waals surface area contributed by atoms with Gasteiger partial charge in [-0.3, -0.25) is 14.9 Å². The van der Waals surface area contributed by atoms with Gasteiger partial charge in [0.1, 0.15) is 5.76 Å². The number of amides is 1. The van der Waals surface area contributed by atoms with Gasteiger partial charge in [-0.15, -0.1) is 0 Å². The Morgan fingerprint density at radius 1 is 1.33 bits per heavy atom. The first-order chi connectivity index (χ1) is 11.5. The third-order valence-electron chi connectivity index (χ3n) is 2.91. The minimum atomic E-state index is -1.07. The van der Waals surface area contributed by atoms with E-state index in [1.807, 2.05) is 0 Å². The average Bonchev–Trinajstić information content (AvgIpc) is 3.06. The van der Waals surface area contributed by atoms with Crippen LogP contribution in [0.5, 0.6) is 0 Å². The molecule has 2 aromatic rings. The quantitative estimate of drug-likeness (QED) is 0.377. The third-order valence-corrected chi connectivity index (χ3v) is 2.91. The van der Waals surface area contributed by atoms with Crippen LogP contribution in [0, 0.1) is 10.1 Å². The number of non-ortho nitro benzene ring substituents is 1. The van der Waals surface area contributed by atoms with Gasteiger partial charge in [0.25, 0.3) is 11.6 Å². The molecule has 0 aliphatic carbocycles. The summed E-state index contributed by atoms with van der Waals surface area (Å²) in [5.41, 5.74) is 0.0852. The summed E-state index contributed by atoms with van der Waals surface area (Å²) in [7, 11) is 0. The summed E-state index contributed by atoms with van der Waals surface area (Å²) in [6, 6.07) is 8.77. The average molecular weight is 330 g/mol. The molecule has 0 aliphatic rings. The lowest BCUT2D eigenvalue weighted by Crippen LogP contribution is -2.29. The molecule has 1 atom stereocenters. The third kappa shape index (κ3) is 4.80. The summed E-state index contributed by atoms with van der Waals surface area (Å²) in [5, 5.41) is 13.1. The van der Waals surface area contributed by atoms with Crippen LogP contribution in [0.15, 0.2) is 53.2 Å². The van der Waals surface area contributed by atoms with Crippen LogP contribution in [0.1, 0.15) is 12.7 Å². The van der Waals surface area contributed by atoms with Crippen molar-refractivity contribution in [3.63, 3.8) is 0 Å². The summed E-state index contributed by atoms with van der Waals surface area (Å²) >= 11 is 0. The molecule has 8 nitrogen and oxygen atoms in total. The van der Waals surface area contributed by atoms with Gasteiger partial charge in [-0.05, 0) is 31.2 Å². The number of rotatable bonds is 6. The van der Waals surface area contributed by atoms with Crippen molar-refractivity contribution in [1.29, 1.82) is 0 Å². The molecule has 0 bridgehead atoms. The molecule has 0 radical (unpaired) electrons. The summed E-state index contributed by atoms with van der Waals surface area (Å²) in [6.07, 6.45) is 2.93. The molecule has 24 heavy (non-hydrogen) atoms. The highest BCUT2D eigenvalue weighted by atomic mass is 16.6. The molecule has 1 N–H and O–H groups in total. The number of ether oxygens (including phenoxy) is 1. The van der Waals surface area contributed by atoms with E-state index >= 15 is 0 Å². The molecule has 0 fully saturated rings. The first-order valence-electron chi connectivity index (χ1n) is 6.93. The minimum absolute atomic E-state index is 0.154. The molecule has 0 saturated carbocycles. The van der Waals surface area contributed by atoms with Crippen LogP contribution in [0.25, 0.3) is 6.08 Å². The number of nitrogens with one attached hydrogen (secondary N) is 1. The van der Waals surface area contributed by atoms with Crippen LogP contribution >= 0.6 is 0 Å². The number of esters is 1. The number of nitro benzene ring substituents is 1. The Balaban J connectivity index is 1.91. The highest BCUT2D eigenvalue weighted by Gasteiger charge is 2.17. The Hall–Kier alpha value is -3.42. The highest BCUT2D eigenvalue weighted by molar-refractivity contribution is 5.96. The normalized spacial score (nSPS) is 11.9. The molecule has 124 valence electrons. The van der Waals surface area contributed by atoms with Crippen LogP contribution < -0.4 is 5.32 Å². The fourth-order valence-corrected chi connectivity index (χ4v) is 1.74. The molecule has 1 aromatic carbocycles. The molecular weight excluding hydrogens is 316 g/mol. The van der Waals surface area contributed by atoms with Crippen molar-refractivity contribution < 1.29 is 23.7 Å². The predicted molar refractivity (Wildman–Crippen MR) is 85.0 cm³/mol. The first-order valence-corrected chi connectivity index (χ1v) is 6.93. The Labute approximate surface area is 136 Å². The van der Waals surface area contributed by atoms with Gasteiger partial charge in [-0.1, -0.05) is 6.07 Å². The van der Waals surface area contributed by atoms with Crippen molar-refractivity contribution in [2.45, 2.75) is 13.0 Å². The predicted octanol–water partition coefficient (Wildman–Crippen LogP) is 2.77. The van der Waals surface area contributed by atoms with Gasteiger partial charge in [0.05, 0.1) is 11.2 Å². The van der Waals surface area contributed by atoms with Crippen molar-refractivity contribution in [3.05, 3.63) is 64.6 Å². The topological polar surface area (TPSA) is 112 Å². The molecule has 1 heterocycles. The Kier molecular flexibility index (Phi) is 5.45. The first kappa shape index (κ1) is 16.9. The van der Waals surface area contributed by atoms with Gasteiger partial charge in [0.15, 0.2) is 6.10 Å². The zero-order valence-corrected chi connectivity index (χ0v) is 12.7. The van der Waals surface area contributed by atoms with E-state index in [1.54, 1.807) is 12.1 Å². The zero-order valence-electron chi connectivity index (χ0n) is 12.7. The number of carbonyl (C=O) groups is 2. The SMILES string of the molecule is CC(OC(=O)C=Cc1ccco1)C(=O)Nc1cccc([N+](=O)[O-])c1. The highest BCUT2D eigenvalue weighted by Crippen LogP contribution is 2.17. The van der Waals surface area contributed by atoms with Crippen molar-refractivity contribution >= 4 is 29.3 Å². The van der Waals surface area contributed by atoms with Crippen molar-refractivity contribution in [3.8, 4) is 0 Å². The Bertz CT molecular complexity index is 767. The molecule has 0 spiro atoms. The number of furan rings is 1. The lowest BCUT2D eigenvalue weighted by Gasteiger charge is -2.12. The zero-order chi connectivity index (χ0) is 17.5. The van der Waals surface area contributed by atoms with E-state index in [1.165, 1.54) is 43.5 Å². The molecule has 0 aliphatic heterocycles. The second kappa shape index (κ2) is 7.73. The summed E-state index contributed by atoms with van der Waals surface area (Å²) in [6.45, 7) is 1.39. The molecular formula is C16H14N2O6. The van der Waals surface area contributed by atoms with E-state index in [-0.39, 0.29) is 11.4 Å². The number of benzene rings is 1. The summed E-state index contributed by atoms with van der Waals surface area (Å²) in [4.78, 5) is 33.7. The van der Waals surface area contributed by atoms with E-state index in [2.05, 4.69) is 5.32 Å². The molecule has 1 unspecified atom stereocenters. The maximum absolute atomic E-state index is 12.0. The van der Waals surface area contributed by atoms with E-state index in [0.717, 1.165) is 6.08 Å². The van der Waals surface area contributed by atoms with Crippen LogP contribution in [-0.2, 0) is 14.3 Å². The second-order valence-electron chi connectivity index (χ2n) is 4.72.